The maximum atomic E-state index is 14.3. The number of aromatic nitrogens is 2. The minimum absolute atomic E-state index is 0.00193. The number of anilines is 1. The van der Waals surface area contributed by atoms with Crippen LogP contribution in [0.1, 0.15) is 18.5 Å². The molecule has 0 aliphatic carbocycles. The summed E-state index contributed by atoms with van der Waals surface area (Å²) in [4.78, 5) is 23.7. The Kier molecular flexibility index (Phi) is 6.62. The molecule has 0 saturated carbocycles. The van der Waals surface area contributed by atoms with E-state index in [9.17, 15) is 22.0 Å². The topological polar surface area (TPSA) is 83.5 Å². The number of pyridine rings is 1. The molecule has 0 unspecified atom stereocenters. The van der Waals surface area contributed by atoms with Crippen LogP contribution in [0.25, 0.3) is 10.2 Å². The number of piperidine rings is 1. The van der Waals surface area contributed by atoms with E-state index in [1.807, 2.05) is 0 Å². The van der Waals surface area contributed by atoms with Crippen molar-refractivity contribution in [1.82, 2.24) is 14.3 Å². The Morgan fingerprint density at radius 2 is 1.94 bits per heavy atom. The van der Waals surface area contributed by atoms with E-state index in [1.165, 1.54) is 15.3 Å². The average Bonchev–Trinajstić information content (AvgIpc) is 3.54. The number of hydrogen-bond acceptors (Lipinski definition) is 7. The number of thiazole rings is 1. The third kappa shape index (κ3) is 4.83. The lowest BCUT2D eigenvalue weighted by atomic mass is 9.96. The maximum Gasteiger partial charge on any atom is 0.252 e. The predicted molar refractivity (Wildman–Crippen MR) is 131 cm³/mol. The fourth-order valence-corrected chi connectivity index (χ4v) is 7.68. The number of sulfonamides is 1. The average molecular weight is 535 g/mol. The van der Waals surface area contributed by atoms with Gasteiger partial charge < -0.3 is 0 Å². The molecular weight excluding hydrogens is 514 g/mol. The SMILES string of the molecule is O=C(C1CCN(S(=O)(=O)c2cccs2)CC1)N(Cc1ccccn1)c1nc2c(F)cc(F)cc2s1. The molecule has 1 aromatic carbocycles. The predicted octanol–water partition coefficient (Wildman–Crippen LogP) is 4.67. The summed E-state index contributed by atoms with van der Waals surface area (Å²) in [7, 11) is -3.59. The van der Waals surface area contributed by atoms with Crippen molar-refractivity contribution in [3.8, 4) is 0 Å². The van der Waals surface area contributed by atoms with E-state index in [4.69, 9.17) is 0 Å². The van der Waals surface area contributed by atoms with Gasteiger partial charge in [-0.25, -0.2) is 22.2 Å². The van der Waals surface area contributed by atoms with Crippen molar-refractivity contribution < 1.29 is 22.0 Å². The van der Waals surface area contributed by atoms with Gasteiger partial charge in [-0.15, -0.1) is 11.3 Å². The second-order valence-corrected chi connectivity index (χ2v) is 12.2. The van der Waals surface area contributed by atoms with Crippen LogP contribution >= 0.6 is 22.7 Å². The van der Waals surface area contributed by atoms with Crippen molar-refractivity contribution in [1.29, 1.82) is 0 Å². The summed E-state index contributed by atoms with van der Waals surface area (Å²) in [6, 6.07) is 10.5. The highest BCUT2D eigenvalue weighted by Gasteiger charge is 2.35. The minimum atomic E-state index is -3.59. The number of halogens is 2. The molecular formula is C23H20F2N4O3S3. The molecule has 0 radical (unpaired) electrons. The molecule has 182 valence electrons. The number of carbonyl (C=O) groups excluding carboxylic acids is 1. The van der Waals surface area contributed by atoms with E-state index >= 15 is 0 Å². The van der Waals surface area contributed by atoms with Gasteiger partial charge in [0.15, 0.2) is 10.9 Å². The van der Waals surface area contributed by atoms with Crippen molar-refractivity contribution in [2.45, 2.75) is 23.6 Å². The summed E-state index contributed by atoms with van der Waals surface area (Å²) in [5.41, 5.74) is 0.617. The third-order valence-electron chi connectivity index (χ3n) is 5.84. The van der Waals surface area contributed by atoms with Crippen LogP contribution in [0.15, 0.2) is 58.3 Å². The van der Waals surface area contributed by atoms with Gasteiger partial charge in [0.25, 0.3) is 10.0 Å². The molecule has 1 amide bonds. The first-order valence-corrected chi connectivity index (χ1v) is 14.0. The van der Waals surface area contributed by atoms with Gasteiger partial charge >= 0.3 is 0 Å². The summed E-state index contributed by atoms with van der Waals surface area (Å²) in [6.07, 6.45) is 2.30. The Morgan fingerprint density at radius 3 is 2.63 bits per heavy atom. The Bertz CT molecular complexity index is 1450. The van der Waals surface area contributed by atoms with Gasteiger partial charge in [-0.3, -0.25) is 14.7 Å². The van der Waals surface area contributed by atoms with Gasteiger partial charge in [-0.05, 0) is 42.5 Å². The molecule has 0 atom stereocenters. The summed E-state index contributed by atoms with van der Waals surface area (Å²) in [5, 5.41) is 1.96. The Hall–Kier alpha value is -2.80. The van der Waals surface area contributed by atoms with Crippen LogP contribution in [-0.4, -0.2) is 41.7 Å². The molecule has 1 aliphatic rings. The standard InChI is InChI=1S/C23H20F2N4O3S3/c24-16-12-18(25)21-19(13-16)34-23(27-21)29(14-17-4-1-2-8-26-17)22(30)15-6-9-28(10-7-15)35(31,32)20-5-3-11-33-20/h1-5,8,11-13,15H,6-7,9-10,14H2. The van der Waals surface area contributed by atoms with Crippen LogP contribution in [0.5, 0.6) is 0 Å². The number of amides is 1. The van der Waals surface area contributed by atoms with Crippen molar-refractivity contribution in [2.75, 3.05) is 18.0 Å². The number of carbonyl (C=O) groups is 1. The largest absolute Gasteiger partial charge is 0.282 e. The molecule has 0 spiro atoms. The van der Waals surface area contributed by atoms with Crippen LogP contribution in [0.3, 0.4) is 0 Å². The van der Waals surface area contributed by atoms with E-state index in [1.54, 1.807) is 41.9 Å². The van der Waals surface area contributed by atoms with Crippen molar-refractivity contribution in [3.63, 3.8) is 0 Å². The number of benzene rings is 1. The van der Waals surface area contributed by atoms with E-state index < -0.39 is 27.6 Å². The summed E-state index contributed by atoms with van der Waals surface area (Å²) < 4.78 is 55.7. The molecule has 5 rings (SSSR count). The fourth-order valence-electron chi connectivity index (χ4n) is 4.06. The van der Waals surface area contributed by atoms with Gasteiger partial charge in [0.2, 0.25) is 5.91 Å². The molecule has 1 saturated heterocycles. The van der Waals surface area contributed by atoms with Gasteiger partial charge in [0.05, 0.1) is 16.9 Å². The molecule has 35 heavy (non-hydrogen) atoms. The van der Waals surface area contributed by atoms with Gasteiger partial charge in [0.1, 0.15) is 15.5 Å². The summed E-state index contributed by atoms with van der Waals surface area (Å²) >= 11 is 2.19. The van der Waals surface area contributed by atoms with Gasteiger partial charge in [0, 0.05) is 31.3 Å². The smallest absolute Gasteiger partial charge is 0.252 e. The lowest BCUT2D eigenvalue weighted by Gasteiger charge is -2.32. The quantitative estimate of drug-likeness (QED) is 0.359. The molecule has 0 N–H and O–H groups in total. The number of hydrogen-bond donors (Lipinski definition) is 0. The maximum absolute atomic E-state index is 14.3. The number of thiophene rings is 1. The van der Waals surface area contributed by atoms with E-state index in [-0.39, 0.29) is 40.4 Å². The monoisotopic (exact) mass is 534 g/mol. The molecule has 0 bridgehead atoms. The van der Waals surface area contributed by atoms with E-state index in [0.29, 0.717) is 23.2 Å². The summed E-state index contributed by atoms with van der Waals surface area (Å²) in [6.45, 7) is 0.540. The highest BCUT2D eigenvalue weighted by atomic mass is 32.2. The third-order valence-corrected chi connectivity index (χ3v) is 10.1. The highest BCUT2D eigenvalue weighted by Crippen LogP contribution is 2.34. The first kappa shape index (κ1) is 23.9. The zero-order chi connectivity index (χ0) is 24.6. The number of rotatable bonds is 6. The second-order valence-electron chi connectivity index (χ2n) is 8.09. The molecule has 1 fully saturated rings. The van der Waals surface area contributed by atoms with Crippen molar-refractivity contribution in [3.05, 3.63) is 71.4 Å². The Labute approximate surface area is 208 Å². The van der Waals surface area contributed by atoms with Crippen molar-refractivity contribution in [2.24, 2.45) is 5.92 Å². The molecule has 1 aliphatic heterocycles. The molecule has 4 heterocycles. The van der Waals surface area contributed by atoms with Crippen LogP contribution < -0.4 is 4.90 Å². The Balaban J connectivity index is 1.40. The van der Waals surface area contributed by atoms with Crippen LogP contribution in [0.4, 0.5) is 13.9 Å². The molecule has 3 aromatic heterocycles. The molecule has 12 heteroatoms. The molecule has 7 nitrogen and oxygen atoms in total. The number of nitrogens with zero attached hydrogens (tertiary/aromatic N) is 4. The normalized spacial score (nSPS) is 15.5. The number of fused-ring (bicyclic) bond motifs is 1. The zero-order valence-corrected chi connectivity index (χ0v) is 20.8. The summed E-state index contributed by atoms with van der Waals surface area (Å²) in [5.74, 6) is -2.20. The zero-order valence-electron chi connectivity index (χ0n) is 18.3. The Morgan fingerprint density at radius 1 is 1.14 bits per heavy atom. The first-order chi connectivity index (χ1) is 16.8. The first-order valence-electron chi connectivity index (χ1n) is 10.8. The van der Waals surface area contributed by atoms with Gasteiger partial charge in [-0.1, -0.05) is 23.5 Å². The highest BCUT2D eigenvalue weighted by molar-refractivity contribution is 7.91. The molecule has 4 aromatic rings. The van der Waals surface area contributed by atoms with Crippen molar-refractivity contribution >= 4 is 54.0 Å². The lowest BCUT2D eigenvalue weighted by Crippen LogP contribution is -2.44. The van der Waals surface area contributed by atoms with Gasteiger partial charge in [-0.2, -0.15) is 4.31 Å². The lowest BCUT2D eigenvalue weighted by molar-refractivity contribution is -0.123. The van der Waals surface area contributed by atoms with Crippen LogP contribution in [0.2, 0.25) is 0 Å². The second kappa shape index (κ2) is 9.69. The van der Waals surface area contributed by atoms with Crippen LogP contribution in [0, 0.1) is 17.6 Å². The van der Waals surface area contributed by atoms with E-state index in [0.717, 1.165) is 28.7 Å². The fraction of sp³-hybridized carbons (Fsp3) is 0.261. The van der Waals surface area contributed by atoms with E-state index in [2.05, 4.69) is 9.97 Å². The van der Waals surface area contributed by atoms with Crippen LogP contribution in [-0.2, 0) is 21.4 Å². The minimum Gasteiger partial charge on any atom is -0.282 e.